The van der Waals surface area contributed by atoms with Gasteiger partial charge in [-0.15, -0.1) is 12.4 Å². The van der Waals surface area contributed by atoms with Crippen LogP contribution in [0.1, 0.15) is 0 Å². The quantitative estimate of drug-likeness (QED) is 0.506. The van der Waals surface area contributed by atoms with E-state index in [4.69, 9.17) is 0 Å². The van der Waals surface area contributed by atoms with Crippen molar-refractivity contribution in [2.45, 2.75) is 5.92 Å². The second kappa shape index (κ2) is 1.92. The Bertz CT molecular complexity index is 60.0. The molecule has 0 spiro atoms. The maximum Gasteiger partial charge on any atom is 0.272 e. The molecule has 0 aromatic heterocycles. The first-order valence-electron chi connectivity index (χ1n) is 1.79. The molecule has 1 saturated heterocycles. The van der Waals surface area contributed by atoms with Crippen molar-refractivity contribution in [3.8, 4) is 0 Å². The van der Waals surface area contributed by atoms with Crippen molar-refractivity contribution in [1.82, 2.24) is 5.32 Å². The standard InChI is InChI=1S/C3H5F2N.ClH/c4-3(5)1-6-2-3;/h6H,1-2H2;1H. The van der Waals surface area contributed by atoms with Crippen LogP contribution in [0.25, 0.3) is 0 Å². The SMILES string of the molecule is Cl.FC1(F)CNC1. The van der Waals surface area contributed by atoms with Crippen LogP contribution in [0.15, 0.2) is 0 Å². The molecule has 7 heavy (non-hydrogen) atoms. The predicted molar refractivity (Wildman–Crippen MR) is 25.1 cm³/mol. The van der Waals surface area contributed by atoms with Gasteiger partial charge in [-0.25, -0.2) is 8.78 Å². The van der Waals surface area contributed by atoms with E-state index < -0.39 is 5.92 Å². The van der Waals surface area contributed by atoms with Crippen LogP contribution < -0.4 is 5.32 Å². The zero-order valence-corrected chi connectivity index (χ0v) is 4.39. The molecule has 1 rings (SSSR count). The second-order valence-corrected chi connectivity index (χ2v) is 1.46. The molecular weight excluding hydrogens is 123 g/mol. The van der Waals surface area contributed by atoms with Crippen molar-refractivity contribution in [1.29, 1.82) is 0 Å². The minimum absolute atomic E-state index is 0. The lowest BCUT2D eigenvalue weighted by molar-refractivity contribution is -0.0475. The monoisotopic (exact) mass is 129 g/mol. The molecule has 1 heterocycles. The van der Waals surface area contributed by atoms with Gasteiger partial charge in [-0.1, -0.05) is 0 Å². The van der Waals surface area contributed by atoms with Gasteiger partial charge < -0.3 is 5.32 Å². The van der Waals surface area contributed by atoms with Gasteiger partial charge in [0.25, 0.3) is 5.92 Å². The van der Waals surface area contributed by atoms with Crippen molar-refractivity contribution in [2.75, 3.05) is 13.1 Å². The minimum atomic E-state index is -2.39. The molecule has 0 radical (unpaired) electrons. The summed E-state index contributed by atoms with van der Waals surface area (Å²) >= 11 is 0. The van der Waals surface area contributed by atoms with E-state index in [0.717, 1.165) is 0 Å². The summed E-state index contributed by atoms with van der Waals surface area (Å²) in [5, 5.41) is 2.45. The van der Waals surface area contributed by atoms with E-state index in [1.807, 2.05) is 0 Å². The van der Waals surface area contributed by atoms with E-state index in [-0.39, 0.29) is 25.5 Å². The van der Waals surface area contributed by atoms with Gasteiger partial charge in [0.15, 0.2) is 0 Å². The van der Waals surface area contributed by atoms with Crippen molar-refractivity contribution in [2.24, 2.45) is 0 Å². The van der Waals surface area contributed by atoms with Gasteiger partial charge in [-0.3, -0.25) is 0 Å². The topological polar surface area (TPSA) is 12.0 Å². The Morgan fingerprint density at radius 1 is 1.29 bits per heavy atom. The Balaban J connectivity index is 0.000000360. The van der Waals surface area contributed by atoms with Crippen LogP contribution in [0.3, 0.4) is 0 Å². The molecule has 1 fully saturated rings. The molecule has 0 aromatic carbocycles. The molecule has 0 bridgehead atoms. The zero-order valence-electron chi connectivity index (χ0n) is 3.58. The number of alkyl halides is 2. The third-order valence-corrected chi connectivity index (χ3v) is 0.767. The first kappa shape index (κ1) is 7.11. The van der Waals surface area contributed by atoms with Gasteiger partial charge >= 0.3 is 0 Å². The van der Waals surface area contributed by atoms with Gasteiger partial charge in [-0.05, 0) is 0 Å². The Kier molecular flexibility index (Phi) is 1.95. The molecule has 0 atom stereocenters. The van der Waals surface area contributed by atoms with Crippen molar-refractivity contribution >= 4 is 12.4 Å². The van der Waals surface area contributed by atoms with Crippen LogP contribution in [0.2, 0.25) is 0 Å². The van der Waals surface area contributed by atoms with E-state index in [9.17, 15) is 8.78 Å². The Morgan fingerprint density at radius 2 is 1.57 bits per heavy atom. The number of rotatable bonds is 0. The minimum Gasteiger partial charge on any atom is -0.305 e. The largest absolute Gasteiger partial charge is 0.305 e. The first-order valence-corrected chi connectivity index (χ1v) is 1.79. The highest BCUT2D eigenvalue weighted by atomic mass is 35.5. The first-order chi connectivity index (χ1) is 2.71. The smallest absolute Gasteiger partial charge is 0.272 e. The van der Waals surface area contributed by atoms with E-state index in [1.165, 1.54) is 0 Å². The summed E-state index contributed by atoms with van der Waals surface area (Å²) in [5.41, 5.74) is 0. The summed E-state index contributed by atoms with van der Waals surface area (Å²) in [4.78, 5) is 0. The van der Waals surface area contributed by atoms with Crippen LogP contribution >= 0.6 is 12.4 Å². The molecule has 0 unspecified atom stereocenters. The van der Waals surface area contributed by atoms with Crippen LogP contribution in [0, 0.1) is 0 Å². The van der Waals surface area contributed by atoms with Crippen LogP contribution in [-0.4, -0.2) is 19.0 Å². The van der Waals surface area contributed by atoms with Gasteiger partial charge in [0, 0.05) is 0 Å². The number of hydrogen-bond acceptors (Lipinski definition) is 1. The van der Waals surface area contributed by atoms with Gasteiger partial charge in [-0.2, -0.15) is 0 Å². The maximum atomic E-state index is 11.5. The normalized spacial score (nSPS) is 24.9. The van der Waals surface area contributed by atoms with Gasteiger partial charge in [0.1, 0.15) is 0 Å². The highest BCUT2D eigenvalue weighted by Gasteiger charge is 2.36. The average molecular weight is 130 g/mol. The summed E-state index contributed by atoms with van der Waals surface area (Å²) in [7, 11) is 0. The Hall–Kier alpha value is 0.110. The third-order valence-electron chi connectivity index (χ3n) is 0.767. The van der Waals surface area contributed by atoms with E-state index in [2.05, 4.69) is 5.32 Å². The lowest BCUT2D eigenvalue weighted by Crippen LogP contribution is -2.52. The van der Waals surface area contributed by atoms with E-state index >= 15 is 0 Å². The van der Waals surface area contributed by atoms with E-state index in [0.29, 0.717) is 0 Å². The fraction of sp³-hybridized carbons (Fsp3) is 1.00. The molecule has 0 aliphatic carbocycles. The highest BCUT2D eigenvalue weighted by molar-refractivity contribution is 5.85. The lowest BCUT2D eigenvalue weighted by atomic mass is 10.2. The summed E-state index contributed by atoms with van der Waals surface area (Å²) in [6.45, 7) is -0.264. The van der Waals surface area contributed by atoms with Crippen LogP contribution in [0.5, 0.6) is 0 Å². The predicted octanol–water partition coefficient (Wildman–Crippen LogP) is 0.647. The van der Waals surface area contributed by atoms with Crippen LogP contribution in [0.4, 0.5) is 8.78 Å². The van der Waals surface area contributed by atoms with Crippen molar-refractivity contribution in [3.63, 3.8) is 0 Å². The lowest BCUT2D eigenvalue weighted by Gasteiger charge is -2.25. The summed E-state index contributed by atoms with van der Waals surface area (Å²) in [6.07, 6.45) is 0. The van der Waals surface area contributed by atoms with Gasteiger partial charge in [0.05, 0.1) is 13.1 Å². The van der Waals surface area contributed by atoms with Crippen molar-refractivity contribution in [3.05, 3.63) is 0 Å². The molecule has 1 aliphatic rings. The molecule has 1 N–H and O–H groups in total. The van der Waals surface area contributed by atoms with Crippen molar-refractivity contribution < 1.29 is 8.78 Å². The molecule has 0 saturated carbocycles. The average Bonchev–Trinajstić information content (AvgIpc) is 1.32. The Morgan fingerprint density at radius 3 is 1.57 bits per heavy atom. The van der Waals surface area contributed by atoms with E-state index in [1.54, 1.807) is 0 Å². The van der Waals surface area contributed by atoms with Gasteiger partial charge in [0.2, 0.25) is 0 Å². The molecule has 0 amide bonds. The number of nitrogens with one attached hydrogen (secondary N) is 1. The highest BCUT2D eigenvalue weighted by Crippen LogP contribution is 2.16. The summed E-state index contributed by atoms with van der Waals surface area (Å²) in [6, 6.07) is 0. The van der Waals surface area contributed by atoms with Crippen LogP contribution in [-0.2, 0) is 0 Å². The second-order valence-electron chi connectivity index (χ2n) is 1.46. The molecule has 1 nitrogen and oxygen atoms in total. The fourth-order valence-corrected chi connectivity index (χ4v) is 0.314. The summed E-state index contributed by atoms with van der Waals surface area (Å²) in [5.74, 6) is -2.39. The number of halogens is 3. The fourth-order valence-electron chi connectivity index (χ4n) is 0.314. The maximum absolute atomic E-state index is 11.5. The number of hydrogen-bond donors (Lipinski definition) is 1. The molecule has 44 valence electrons. The molecular formula is C3H6ClF2N. The summed E-state index contributed by atoms with van der Waals surface area (Å²) < 4.78 is 23.0. The third kappa shape index (κ3) is 1.57. The molecule has 0 aromatic rings. The molecule has 1 aliphatic heterocycles. The zero-order chi connectivity index (χ0) is 4.62. The Labute approximate surface area is 46.5 Å². The molecule has 4 heteroatoms.